The second-order valence-electron chi connectivity index (χ2n) is 3.37. The first-order chi connectivity index (χ1) is 7.68. The lowest BCUT2D eigenvalue weighted by molar-refractivity contribution is 0.195. The molecule has 0 fully saturated rings. The molecule has 0 saturated heterocycles. The minimum Gasteiger partial charge on any atom is -0.389 e. The van der Waals surface area contributed by atoms with Gasteiger partial charge in [0.1, 0.15) is 5.82 Å². The fraction of sp³-hybridized carbons (Fsp3) is 0.167. The average Bonchev–Trinajstić information content (AvgIpc) is 2.73. The predicted molar refractivity (Wildman–Crippen MR) is 65.5 cm³/mol. The zero-order valence-electron chi connectivity index (χ0n) is 8.68. The van der Waals surface area contributed by atoms with Crippen molar-refractivity contribution in [2.24, 2.45) is 0 Å². The number of thiophene rings is 1. The van der Waals surface area contributed by atoms with Crippen molar-refractivity contribution >= 4 is 23.1 Å². The first-order valence-electron chi connectivity index (χ1n) is 4.86. The lowest BCUT2D eigenvalue weighted by atomic mass is 10.1. The third-order valence-electron chi connectivity index (χ3n) is 2.15. The molecule has 1 atom stereocenters. The maximum absolute atomic E-state index is 13.7. The molecule has 1 heterocycles. The highest BCUT2D eigenvalue weighted by atomic mass is 32.2. The summed E-state index contributed by atoms with van der Waals surface area (Å²) in [5.41, 5.74) is 0.637. The quantitative estimate of drug-likeness (QED) is 0.890. The van der Waals surface area contributed by atoms with Crippen LogP contribution >= 0.6 is 23.1 Å². The normalized spacial score (nSPS) is 12.7. The highest BCUT2D eigenvalue weighted by Crippen LogP contribution is 2.37. The van der Waals surface area contributed by atoms with E-state index in [0.29, 0.717) is 10.5 Å². The Bertz CT molecular complexity index is 466. The molecular formula is C12H11FOS2. The summed E-state index contributed by atoms with van der Waals surface area (Å²) in [5, 5.41) is 11.5. The molecule has 0 aliphatic carbocycles. The summed E-state index contributed by atoms with van der Waals surface area (Å²) < 4.78 is 14.7. The van der Waals surface area contributed by atoms with E-state index in [2.05, 4.69) is 0 Å². The number of aliphatic hydroxyl groups is 1. The Morgan fingerprint density at radius 1 is 1.31 bits per heavy atom. The summed E-state index contributed by atoms with van der Waals surface area (Å²) in [6, 6.07) is 8.66. The molecular weight excluding hydrogens is 243 g/mol. The summed E-state index contributed by atoms with van der Waals surface area (Å²) in [4.78, 5) is 0.514. The molecule has 2 rings (SSSR count). The molecule has 4 heteroatoms. The smallest absolute Gasteiger partial charge is 0.137 e. The number of aliphatic hydroxyl groups excluding tert-OH is 1. The zero-order chi connectivity index (χ0) is 11.5. The molecule has 1 nitrogen and oxygen atoms in total. The number of hydrogen-bond donors (Lipinski definition) is 1. The summed E-state index contributed by atoms with van der Waals surface area (Å²) in [6.45, 7) is 1.65. The summed E-state index contributed by atoms with van der Waals surface area (Å²) in [5.74, 6) is -0.281. The number of hydrogen-bond acceptors (Lipinski definition) is 3. The van der Waals surface area contributed by atoms with Gasteiger partial charge in [-0.3, -0.25) is 0 Å². The van der Waals surface area contributed by atoms with E-state index in [4.69, 9.17) is 0 Å². The Morgan fingerprint density at radius 3 is 2.75 bits per heavy atom. The van der Waals surface area contributed by atoms with Gasteiger partial charge in [-0.2, -0.15) is 0 Å². The van der Waals surface area contributed by atoms with Crippen molar-refractivity contribution in [2.75, 3.05) is 0 Å². The summed E-state index contributed by atoms with van der Waals surface area (Å²) >= 11 is 2.92. The topological polar surface area (TPSA) is 20.2 Å². The van der Waals surface area contributed by atoms with Crippen molar-refractivity contribution in [3.63, 3.8) is 0 Å². The van der Waals surface area contributed by atoms with Gasteiger partial charge in [0, 0.05) is 0 Å². The standard InChI is InChI=1S/C12H11FOS2/c1-8(14)9-4-2-5-10(13)12(9)16-11-6-3-7-15-11/h2-8,14H,1H3/t8-/m0/s1. The van der Waals surface area contributed by atoms with Gasteiger partial charge in [0.15, 0.2) is 0 Å². The van der Waals surface area contributed by atoms with Crippen LogP contribution in [0.15, 0.2) is 44.8 Å². The van der Waals surface area contributed by atoms with Gasteiger partial charge in [0.2, 0.25) is 0 Å². The van der Waals surface area contributed by atoms with Crippen LogP contribution in [0.5, 0.6) is 0 Å². The molecule has 1 aromatic carbocycles. The predicted octanol–water partition coefficient (Wildman–Crippen LogP) is 4.09. The molecule has 1 aromatic heterocycles. The van der Waals surface area contributed by atoms with Crippen LogP contribution < -0.4 is 0 Å². The SMILES string of the molecule is C[C@H](O)c1cccc(F)c1Sc1cccs1. The van der Waals surface area contributed by atoms with E-state index in [0.717, 1.165) is 4.21 Å². The molecule has 2 aromatic rings. The maximum Gasteiger partial charge on any atom is 0.137 e. The summed E-state index contributed by atoms with van der Waals surface area (Å²) in [6.07, 6.45) is -0.654. The molecule has 0 aliphatic heterocycles. The van der Waals surface area contributed by atoms with Crippen molar-refractivity contribution in [3.05, 3.63) is 47.1 Å². The van der Waals surface area contributed by atoms with Crippen LogP contribution in [-0.2, 0) is 0 Å². The highest BCUT2D eigenvalue weighted by Gasteiger charge is 2.13. The van der Waals surface area contributed by atoms with Gasteiger partial charge in [-0.05, 0) is 30.0 Å². The van der Waals surface area contributed by atoms with Crippen LogP contribution in [0.3, 0.4) is 0 Å². The van der Waals surface area contributed by atoms with Gasteiger partial charge < -0.3 is 5.11 Å². The molecule has 0 saturated carbocycles. The Morgan fingerprint density at radius 2 is 2.12 bits per heavy atom. The third kappa shape index (κ3) is 2.45. The van der Waals surface area contributed by atoms with E-state index in [1.54, 1.807) is 30.4 Å². The van der Waals surface area contributed by atoms with Crippen LogP contribution in [0.1, 0.15) is 18.6 Å². The van der Waals surface area contributed by atoms with Crippen LogP contribution in [0.25, 0.3) is 0 Å². The van der Waals surface area contributed by atoms with E-state index in [1.807, 2.05) is 17.5 Å². The van der Waals surface area contributed by atoms with E-state index in [1.165, 1.54) is 17.8 Å². The Balaban J connectivity index is 2.38. The van der Waals surface area contributed by atoms with Crippen molar-refractivity contribution < 1.29 is 9.50 Å². The van der Waals surface area contributed by atoms with Crippen molar-refractivity contribution in [2.45, 2.75) is 22.1 Å². The number of halogens is 1. The van der Waals surface area contributed by atoms with E-state index >= 15 is 0 Å². The lowest BCUT2D eigenvalue weighted by Gasteiger charge is -2.11. The lowest BCUT2D eigenvalue weighted by Crippen LogP contribution is -1.96. The molecule has 84 valence electrons. The third-order valence-corrected chi connectivity index (χ3v) is 4.32. The second-order valence-corrected chi connectivity index (χ2v) is 5.63. The van der Waals surface area contributed by atoms with Crippen molar-refractivity contribution in [1.82, 2.24) is 0 Å². The maximum atomic E-state index is 13.7. The molecule has 1 N–H and O–H groups in total. The van der Waals surface area contributed by atoms with Crippen LogP contribution in [-0.4, -0.2) is 5.11 Å². The molecule has 0 unspecified atom stereocenters. The fourth-order valence-corrected chi connectivity index (χ4v) is 3.31. The van der Waals surface area contributed by atoms with Gasteiger partial charge in [0.25, 0.3) is 0 Å². The largest absolute Gasteiger partial charge is 0.389 e. The highest BCUT2D eigenvalue weighted by molar-refractivity contribution is 8.01. The molecule has 0 aliphatic rings. The fourth-order valence-electron chi connectivity index (χ4n) is 1.38. The van der Waals surface area contributed by atoms with Crippen molar-refractivity contribution in [1.29, 1.82) is 0 Å². The van der Waals surface area contributed by atoms with Gasteiger partial charge in [-0.15, -0.1) is 11.3 Å². The molecule has 0 bridgehead atoms. The molecule has 0 spiro atoms. The average molecular weight is 254 g/mol. The number of benzene rings is 1. The van der Waals surface area contributed by atoms with E-state index in [9.17, 15) is 9.50 Å². The Hall–Kier alpha value is -0.840. The molecule has 0 amide bonds. The monoisotopic (exact) mass is 254 g/mol. The Kier molecular flexibility index (Phi) is 3.63. The first kappa shape index (κ1) is 11.6. The van der Waals surface area contributed by atoms with E-state index < -0.39 is 6.10 Å². The van der Waals surface area contributed by atoms with Crippen LogP contribution in [0.4, 0.5) is 4.39 Å². The van der Waals surface area contributed by atoms with E-state index in [-0.39, 0.29) is 5.82 Å². The van der Waals surface area contributed by atoms with Gasteiger partial charge >= 0.3 is 0 Å². The summed E-state index contributed by atoms with van der Waals surface area (Å²) in [7, 11) is 0. The van der Waals surface area contributed by atoms with Crippen LogP contribution in [0.2, 0.25) is 0 Å². The minimum absolute atomic E-state index is 0.281. The first-order valence-corrected chi connectivity index (χ1v) is 6.56. The second kappa shape index (κ2) is 4.99. The van der Waals surface area contributed by atoms with Crippen molar-refractivity contribution in [3.8, 4) is 0 Å². The molecule has 16 heavy (non-hydrogen) atoms. The zero-order valence-corrected chi connectivity index (χ0v) is 10.3. The van der Waals surface area contributed by atoms with Crippen LogP contribution in [0, 0.1) is 5.82 Å². The minimum atomic E-state index is -0.654. The molecule has 0 radical (unpaired) electrons. The number of rotatable bonds is 3. The van der Waals surface area contributed by atoms with Gasteiger partial charge in [0.05, 0.1) is 15.2 Å². The van der Waals surface area contributed by atoms with Gasteiger partial charge in [-0.1, -0.05) is 30.0 Å². The Labute approximate surface area is 102 Å². The van der Waals surface area contributed by atoms with Gasteiger partial charge in [-0.25, -0.2) is 4.39 Å².